The van der Waals surface area contributed by atoms with Gasteiger partial charge in [-0.3, -0.25) is 8.98 Å². The lowest BCUT2D eigenvalue weighted by Crippen LogP contribution is -2.35. The molecule has 15 heteroatoms. The van der Waals surface area contributed by atoms with Crippen LogP contribution < -0.4 is 14.8 Å². The number of hydrogen-bond donors (Lipinski definition) is 3. The Balaban J connectivity index is 1.47. The molecule has 2 aromatic heterocycles. The molecule has 0 saturated heterocycles. The summed E-state index contributed by atoms with van der Waals surface area (Å²) in [5, 5.41) is 12.9. The summed E-state index contributed by atoms with van der Waals surface area (Å²) in [6, 6.07) is 6.60. The first-order valence-electron chi connectivity index (χ1n) is 11.3. The van der Waals surface area contributed by atoms with Crippen molar-refractivity contribution in [2.45, 2.75) is 44.0 Å². The van der Waals surface area contributed by atoms with Crippen LogP contribution in [0.3, 0.4) is 0 Å². The van der Waals surface area contributed by atoms with Crippen molar-refractivity contribution >= 4 is 21.9 Å². The van der Waals surface area contributed by atoms with E-state index in [-0.39, 0.29) is 35.7 Å². The van der Waals surface area contributed by atoms with E-state index >= 15 is 0 Å². The van der Waals surface area contributed by atoms with Crippen LogP contribution in [0.15, 0.2) is 55.2 Å². The molecule has 1 saturated carbocycles. The van der Waals surface area contributed by atoms with Gasteiger partial charge in [0.2, 0.25) is 0 Å². The fraction of sp³-hybridized carbons (Fsp3) is 0.348. The van der Waals surface area contributed by atoms with E-state index in [9.17, 15) is 31.5 Å². The van der Waals surface area contributed by atoms with Gasteiger partial charge >= 0.3 is 16.9 Å². The largest absolute Gasteiger partial charge is 0.435 e. The number of rotatable bonds is 11. The number of carbonyl (C=O) groups excluding carboxylic acids is 1. The topological polar surface area (TPSA) is 145 Å². The maximum absolute atomic E-state index is 14.8. The zero-order valence-corrected chi connectivity index (χ0v) is 20.7. The van der Waals surface area contributed by atoms with Crippen LogP contribution >= 0.6 is 0 Å². The Morgan fingerprint density at radius 3 is 2.84 bits per heavy atom. The summed E-state index contributed by atoms with van der Waals surface area (Å²) in [6.45, 7) is -2.68. The molecule has 0 bridgehead atoms. The minimum absolute atomic E-state index is 0.00780. The first-order chi connectivity index (χ1) is 18.1. The number of hydrogen-bond acceptors (Lipinski definition) is 9. The molecule has 0 radical (unpaired) electrons. The van der Waals surface area contributed by atoms with Gasteiger partial charge < -0.3 is 19.7 Å². The number of halogens is 3. The van der Waals surface area contributed by atoms with Crippen molar-refractivity contribution in [3.63, 3.8) is 0 Å². The number of carbonyl (C=O) groups is 1. The minimum atomic E-state index is -4.17. The standard InChI is InChI=1S/C23H24F3N5O6S/c1-27-38(34,35)37-18-8-17(19(24)21(18)33)30-22-16(9-28-12-29-22)20(32)14-5-6-31(11-14)10-13-3-2-4-15(7-13)36-23(25)26/h2-7,9,11-12,17-19,21,23,27,33H,8,10H2,1H3,(H,28,29,30)/t17-,18-,19-,21-/m1/s1. The molecule has 0 aliphatic heterocycles. The van der Waals surface area contributed by atoms with E-state index in [1.807, 2.05) is 4.72 Å². The molecular weight excluding hydrogens is 531 g/mol. The molecule has 0 amide bonds. The second-order valence-electron chi connectivity index (χ2n) is 8.43. The van der Waals surface area contributed by atoms with Gasteiger partial charge in [0.25, 0.3) is 0 Å². The molecule has 11 nitrogen and oxygen atoms in total. The van der Waals surface area contributed by atoms with E-state index in [1.54, 1.807) is 35.2 Å². The third-order valence-corrected chi connectivity index (χ3v) is 6.86. The maximum atomic E-state index is 14.8. The number of benzene rings is 1. The minimum Gasteiger partial charge on any atom is -0.435 e. The molecule has 0 spiro atoms. The van der Waals surface area contributed by atoms with Crippen molar-refractivity contribution in [3.05, 3.63) is 71.9 Å². The van der Waals surface area contributed by atoms with Crippen molar-refractivity contribution in [2.24, 2.45) is 0 Å². The number of aliphatic hydroxyl groups excluding tert-OH is 1. The van der Waals surface area contributed by atoms with Crippen molar-refractivity contribution in [1.29, 1.82) is 0 Å². The van der Waals surface area contributed by atoms with Gasteiger partial charge in [0, 0.05) is 44.2 Å². The number of aromatic nitrogens is 3. The SMILES string of the molecule is CNS(=O)(=O)O[C@@H]1C[C@@H](Nc2ncncc2C(=O)c2ccn(Cc3cccc(OC(F)F)c3)c2)[C@@H](F)[C@@H]1O. The summed E-state index contributed by atoms with van der Waals surface area (Å²) in [7, 11) is -3.05. The average Bonchev–Trinajstić information content (AvgIpc) is 3.44. The third-order valence-electron chi connectivity index (χ3n) is 5.86. The highest BCUT2D eigenvalue weighted by atomic mass is 32.2. The number of nitrogens with zero attached hydrogens (tertiary/aromatic N) is 3. The summed E-state index contributed by atoms with van der Waals surface area (Å²) in [5.74, 6) is -0.481. The molecule has 4 atom stereocenters. The summed E-state index contributed by atoms with van der Waals surface area (Å²) < 4.78 is 75.9. The average molecular weight is 556 g/mol. The van der Waals surface area contributed by atoms with Crippen molar-refractivity contribution < 1.29 is 40.4 Å². The molecule has 38 heavy (non-hydrogen) atoms. The molecule has 3 aromatic rings. The highest BCUT2D eigenvalue weighted by Crippen LogP contribution is 2.30. The summed E-state index contributed by atoms with van der Waals surface area (Å²) in [6.07, 6.45) is 0.370. The van der Waals surface area contributed by atoms with E-state index < -0.39 is 47.1 Å². The Bertz CT molecular complexity index is 1390. The number of ketones is 1. The Kier molecular flexibility index (Phi) is 8.30. The van der Waals surface area contributed by atoms with Crippen LogP contribution in [-0.4, -0.2) is 71.9 Å². The van der Waals surface area contributed by atoms with Crippen LogP contribution in [0.1, 0.15) is 27.9 Å². The van der Waals surface area contributed by atoms with E-state index in [0.717, 1.165) is 13.4 Å². The van der Waals surface area contributed by atoms with Gasteiger partial charge in [-0.2, -0.15) is 21.9 Å². The Morgan fingerprint density at radius 1 is 1.32 bits per heavy atom. The molecule has 0 unspecified atom stereocenters. The van der Waals surface area contributed by atoms with Gasteiger partial charge in [0.1, 0.15) is 36.3 Å². The van der Waals surface area contributed by atoms with Crippen molar-refractivity contribution in [2.75, 3.05) is 12.4 Å². The van der Waals surface area contributed by atoms with Crippen LogP contribution in [0, 0.1) is 0 Å². The van der Waals surface area contributed by atoms with Gasteiger partial charge in [-0.25, -0.2) is 14.4 Å². The number of anilines is 1. The Hall–Kier alpha value is -3.53. The molecule has 3 N–H and O–H groups in total. The van der Waals surface area contributed by atoms with E-state index in [0.29, 0.717) is 5.56 Å². The monoisotopic (exact) mass is 555 g/mol. The number of alkyl halides is 3. The molecule has 204 valence electrons. The van der Waals surface area contributed by atoms with Crippen LogP contribution in [0.2, 0.25) is 0 Å². The maximum Gasteiger partial charge on any atom is 0.387 e. The Morgan fingerprint density at radius 2 is 2.11 bits per heavy atom. The van der Waals surface area contributed by atoms with Crippen molar-refractivity contribution in [3.8, 4) is 5.75 Å². The third kappa shape index (κ3) is 6.48. The van der Waals surface area contributed by atoms with Crippen LogP contribution in [-0.2, 0) is 21.0 Å². The number of aliphatic hydroxyl groups is 1. The molecule has 1 aliphatic rings. The second-order valence-corrected chi connectivity index (χ2v) is 9.94. The molecule has 1 aliphatic carbocycles. The van der Waals surface area contributed by atoms with Crippen LogP contribution in [0.4, 0.5) is 19.0 Å². The first-order valence-corrected chi connectivity index (χ1v) is 12.7. The highest BCUT2D eigenvalue weighted by Gasteiger charge is 2.46. The summed E-state index contributed by atoms with van der Waals surface area (Å²) in [4.78, 5) is 21.1. The van der Waals surface area contributed by atoms with Gasteiger partial charge in [0.15, 0.2) is 5.78 Å². The van der Waals surface area contributed by atoms with E-state index in [1.165, 1.54) is 18.3 Å². The molecule has 4 rings (SSSR count). The van der Waals surface area contributed by atoms with Gasteiger partial charge in [0.05, 0.1) is 11.6 Å². The number of ether oxygens (including phenoxy) is 1. The normalized spacial score (nSPS) is 21.5. The lowest BCUT2D eigenvalue weighted by molar-refractivity contribution is -0.0498. The van der Waals surface area contributed by atoms with Gasteiger partial charge in [-0.1, -0.05) is 12.1 Å². The van der Waals surface area contributed by atoms with Gasteiger partial charge in [-0.15, -0.1) is 0 Å². The summed E-state index contributed by atoms with van der Waals surface area (Å²) in [5.41, 5.74) is 0.938. The smallest absolute Gasteiger partial charge is 0.387 e. The highest BCUT2D eigenvalue weighted by molar-refractivity contribution is 7.84. The van der Waals surface area contributed by atoms with Gasteiger partial charge in [-0.05, 0) is 23.8 Å². The molecule has 1 fully saturated rings. The summed E-state index contributed by atoms with van der Waals surface area (Å²) >= 11 is 0. The molecule has 2 heterocycles. The lowest BCUT2D eigenvalue weighted by Gasteiger charge is -2.17. The quantitative estimate of drug-likeness (QED) is 0.302. The van der Waals surface area contributed by atoms with Crippen LogP contribution in [0.25, 0.3) is 0 Å². The zero-order valence-electron chi connectivity index (χ0n) is 19.9. The fourth-order valence-corrected chi connectivity index (χ4v) is 4.67. The van der Waals surface area contributed by atoms with Crippen LogP contribution in [0.5, 0.6) is 5.75 Å². The van der Waals surface area contributed by atoms with E-state index in [2.05, 4.69) is 20.0 Å². The lowest BCUT2D eigenvalue weighted by atomic mass is 10.1. The zero-order chi connectivity index (χ0) is 27.4. The molecule has 1 aromatic carbocycles. The Labute approximate surface area is 215 Å². The first kappa shape index (κ1) is 27.5. The second kappa shape index (κ2) is 11.5. The fourth-order valence-electron chi connectivity index (χ4n) is 4.05. The number of nitrogens with one attached hydrogen (secondary N) is 2. The molecular formula is C23H24F3N5O6S. The van der Waals surface area contributed by atoms with E-state index in [4.69, 9.17) is 4.18 Å². The predicted molar refractivity (Wildman–Crippen MR) is 128 cm³/mol. The predicted octanol–water partition coefficient (Wildman–Crippen LogP) is 1.89. The van der Waals surface area contributed by atoms with Crippen molar-refractivity contribution in [1.82, 2.24) is 19.3 Å².